The maximum Gasteiger partial charge on any atom is 0.326 e. The largest absolute Gasteiger partial charge is 0.326 e. The lowest BCUT2D eigenvalue weighted by Gasteiger charge is -2.22. The minimum absolute atomic E-state index is 0.312. The van der Waals surface area contributed by atoms with Crippen LogP contribution in [0.3, 0.4) is 0 Å². The molecule has 0 spiro atoms. The van der Waals surface area contributed by atoms with E-state index < -0.39 is 0 Å². The van der Waals surface area contributed by atoms with Crippen molar-refractivity contribution in [3.8, 4) is 0 Å². The number of urea groups is 1. The van der Waals surface area contributed by atoms with Gasteiger partial charge in [-0.3, -0.25) is 15.3 Å². The molecule has 19 heavy (non-hydrogen) atoms. The van der Waals surface area contributed by atoms with Gasteiger partial charge in [-0.1, -0.05) is 6.42 Å². The van der Waals surface area contributed by atoms with Crippen molar-refractivity contribution < 1.29 is 4.79 Å². The standard InChI is InChI=1S/C12H15N5OS/c1-17-6-5-10(16-17)14-11(18)15-12-13-9(7-19-12)8-3-2-4-8/h5-8H,2-4H2,1H3,(H2,13,14,15,16,18). The molecule has 6 nitrogen and oxygen atoms in total. The van der Waals surface area contributed by atoms with Gasteiger partial charge in [-0.2, -0.15) is 5.10 Å². The molecule has 7 heteroatoms. The lowest BCUT2D eigenvalue weighted by atomic mass is 9.83. The molecular weight excluding hydrogens is 262 g/mol. The van der Waals surface area contributed by atoms with Crippen LogP contribution in [0.1, 0.15) is 30.9 Å². The summed E-state index contributed by atoms with van der Waals surface area (Å²) >= 11 is 1.46. The topological polar surface area (TPSA) is 71.8 Å². The normalized spacial score (nSPS) is 15.0. The fraction of sp³-hybridized carbons (Fsp3) is 0.417. The molecule has 100 valence electrons. The zero-order valence-electron chi connectivity index (χ0n) is 10.6. The first-order valence-electron chi connectivity index (χ1n) is 6.24. The number of anilines is 2. The van der Waals surface area contributed by atoms with Crippen LogP contribution in [0.2, 0.25) is 0 Å². The van der Waals surface area contributed by atoms with E-state index in [9.17, 15) is 4.79 Å². The third kappa shape index (κ3) is 2.76. The van der Waals surface area contributed by atoms with E-state index in [1.807, 2.05) is 5.38 Å². The Balaban J connectivity index is 1.58. The second kappa shape index (κ2) is 5.00. The van der Waals surface area contributed by atoms with Crippen LogP contribution in [-0.4, -0.2) is 20.8 Å². The smallest absolute Gasteiger partial charge is 0.291 e. The molecule has 0 unspecified atom stereocenters. The average Bonchev–Trinajstić information content (AvgIpc) is 2.86. The SMILES string of the molecule is Cn1ccc(NC(=O)Nc2nc(C3CCC3)cs2)n1. The van der Waals surface area contributed by atoms with Crippen LogP contribution >= 0.6 is 11.3 Å². The molecule has 2 aromatic heterocycles. The number of carbonyl (C=O) groups is 1. The number of amides is 2. The molecule has 0 atom stereocenters. The molecule has 2 heterocycles. The van der Waals surface area contributed by atoms with E-state index in [4.69, 9.17) is 0 Å². The Hall–Kier alpha value is -1.89. The second-order valence-corrected chi connectivity index (χ2v) is 5.52. The highest BCUT2D eigenvalue weighted by atomic mass is 32.1. The van der Waals surface area contributed by atoms with Crippen LogP contribution in [0.15, 0.2) is 17.6 Å². The molecular formula is C12H15N5OS. The van der Waals surface area contributed by atoms with Crippen molar-refractivity contribution in [1.29, 1.82) is 0 Å². The molecule has 2 aromatic rings. The fourth-order valence-electron chi connectivity index (χ4n) is 1.96. The first kappa shape index (κ1) is 12.2. The van der Waals surface area contributed by atoms with Crippen LogP contribution in [0.25, 0.3) is 0 Å². The molecule has 1 fully saturated rings. The van der Waals surface area contributed by atoms with Crippen molar-refractivity contribution in [2.45, 2.75) is 25.2 Å². The van der Waals surface area contributed by atoms with Gasteiger partial charge in [0, 0.05) is 30.6 Å². The zero-order chi connectivity index (χ0) is 13.2. The average molecular weight is 277 g/mol. The minimum atomic E-state index is -0.312. The Kier molecular flexibility index (Phi) is 3.20. The summed E-state index contributed by atoms with van der Waals surface area (Å²) in [6.07, 6.45) is 5.48. The molecule has 0 aliphatic heterocycles. The summed E-state index contributed by atoms with van der Waals surface area (Å²) in [4.78, 5) is 16.2. The van der Waals surface area contributed by atoms with Crippen LogP contribution < -0.4 is 10.6 Å². The van der Waals surface area contributed by atoms with Crippen LogP contribution in [-0.2, 0) is 7.05 Å². The van der Waals surface area contributed by atoms with Crippen molar-refractivity contribution in [2.24, 2.45) is 7.05 Å². The van der Waals surface area contributed by atoms with E-state index in [-0.39, 0.29) is 6.03 Å². The maximum absolute atomic E-state index is 11.7. The molecule has 0 radical (unpaired) electrons. The molecule has 0 aromatic carbocycles. The van der Waals surface area contributed by atoms with Gasteiger partial charge in [-0.05, 0) is 12.8 Å². The predicted molar refractivity (Wildman–Crippen MR) is 74.6 cm³/mol. The highest BCUT2D eigenvalue weighted by Gasteiger charge is 2.22. The number of carbonyl (C=O) groups excluding carboxylic acids is 1. The molecule has 1 saturated carbocycles. The number of thiazole rings is 1. The number of nitrogens with zero attached hydrogens (tertiary/aromatic N) is 3. The second-order valence-electron chi connectivity index (χ2n) is 4.66. The van der Waals surface area contributed by atoms with Crippen molar-refractivity contribution >= 4 is 28.3 Å². The molecule has 2 amide bonds. The lowest BCUT2D eigenvalue weighted by Crippen LogP contribution is -2.20. The molecule has 3 rings (SSSR count). The van der Waals surface area contributed by atoms with Crippen LogP contribution in [0, 0.1) is 0 Å². The Bertz CT molecular complexity index is 586. The summed E-state index contributed by atoms with van der Waals surface area (Å²) in [6, 6.07) is 1.43. The maximum atomic E-state index is 11.7. The van der Waals surface area contributed by atoms with Crippen LogP contribution in [0.5, 0.6) is 0 Å². The van der Waals surface area contributed by atoms with E-state index in [0.717, 1.165) is 5.69 Å². The summed E-state index contributed by atoms with van der Waals surface area (Å²) in [5.41, 5.74) is 1.10. The zero-order valence-corrected chi connectivity index (χ0v) is 11.4. The highest BCUT2D eigenvalue weighted by molar-refractivity contribution is 7.13. The third-order valence-electron chi connectivity index (χ3n) is 3.22. The van der Waals surface area contributed by atoms with E-state index in [1.54, 1.807) is 24.0 Å². The number of hydrogen-bond acceptors (Lipinski definition) is 4. The lowest BCUT2D eigenvalue weighted by molar-refractivity contribution is 0.262. The minimum Gasteiger partial charge on any atom is -0.291 e. The van der Waals surface area contributed by atoms with E-state index in [0.29, 0.717) is 16.9 Å². The summed E-state index contributed by atoms with van der Waals surface area (Å²) in [7, 11) is 1.80. The third-order valence-corrected chi connectivity index (χ3v) is 4.00. The molecule has 1 aliphatic carbocycles. The predicted octanol–water partition coefficient (Wildman–Crippen LogP) is 2.79. The quantitative estimate of drug-likeness (QED) is 0.906. The molecule has 2 N–H and O–H groups in total. The summed E-state index contributed by atoms with van der Waals surface area (Å²) in [6.45, 7) is 0. The highest BCUT2D eigenvalue weighted by Crippen LogP contribution is 2.37. The van der Waals surface area contributed by atoms with Crippen molar-refractivity contribution in [3.05, 3.63) is 23.3 Å². The van der Waals surface area contributed by atoms with E-state index in [2.05, 4.69) is 20.7 Å². The van der Waals surface area contributed by atoms with Gasteiger partial charge in [-0.25, -0.2) is 9.78 Å². The summed E-state index contributed by atoms with van der Waals surface area (Å²) in [5.74, 6) is 1.11. The number of rotatable bonds is 3. The number of aryl methyl sites for hydroxylation is 1. The molecule has 0 bridgehead atoms. The van der Waals surface area contributed by atoms with Crippen molar-refractivity contribution in [2.75, 3.05) is 10.6 Å². The van der Waals surface area contributed by atoms with Crippen molar-refractivity contribution in [3.63, 3.8) is 0 Å². The Morgan fingerprint density at radius 3 is 2.95 bits per heavy atom. The number of nitrogens with one attached hydrogen (secondary N) is 2. The van der Waals surface area contributed by atoms with Crippen molar-refractivity contribution in [1.82, 2.24) is 14.8 Å². The summed E-state index contributed by atoms with van der Waals surface area (Å²) in [5, 5.41) is 12.1. The van der Waals surface area contributed by atoms with Crippen LogP contribution in [0.4, 0.5) is 15.7 Å². The number of aromatic nitrogens is 3. The summed E-state index contributed by atoms with van der Waals surface area (Å²) < 4.78 is 1.63. The van der Waals surface area contributed by atoms with E-state index in [1.165, 1.54) is 30.6 Å². The fourth-order valence-corrected chi connectivity index (χ4v) is 2.75. The molecule has 1 aliphatic rings. The van der Waals surface area contributed by atoms with Gasteiger partial charge in [-0.15, -0.1) is 11.3 Å². The van der Waals surface area contributed by atoms with Gasteiger partial charge in [0.15, 0.2) is 10.9 Å². The van der Waals surface area contributed by atoms with Gasteiger partial charge in [0.05, 0.1) is 5.69 Å². The van der Waals surface area contributed by atoms with Gasteiger partial charge in [0.1, 0.15) is 0 Å². The first-order valence-corrected chi connectivity index (χ1v) is 7.12. The number of hydrogen-bond donors (Lipinski definition) is 2. The first-order chi connectivity index (χ1) is 9.20. The van der Waals surface area contributed by atoms with Gasteiger partial charge in [0.2, 0.25) is 0 Å². The van der Waals surface area contributed by atoms with E-state index >= 15 is 0 Å². The Morgan fingerprint density at radius 2 is 2.32 bits per heavy atom. The Labute approximate surface area is 114 Å². The Morgan fingerprint density at radius 1 is 1.47 bits per heavy atom. The monoisotopic (exact) mass is 277 g/mol. The van der Waals surface area contributed by atoms with Gasteiger partial charge in [0.25, 0.3) is 0 Å². The van der Waals surface area contributed by atoms with Gasteiger partial charge < -0.3 is 0 Å². The molecule has 0 saturated heterocycles. The van der Waals surface area contributed by atoms with Gasteiger partial charge >= 0.3 is 6.03 Å².